The topological polar surface area (TPSA) is 90.2 Å². The molecule has 0 radical (unpaired) electrons. The highest BCUT2D eigenvalue weighted by molar-refractivity contribution is 9.10. The van der Waals surface area contributed by atoms with Crippen molar-refractivity contribution in [2.24, 2.45) is 5.11 Å². The zero-order valence-electron chi connectivity index (χ0n) is 14.9. The van der Waals surface area contributed by atoms with E-state index in [2.05, 4.69) is 36.7 Å². The van der Waals surface area contributed by atoms with Gasteiger partial charge in [-0.3, -0.25) is 4.79 Å². The smallest absolute Gasteiger partial charge is 0.279 e. The van der Waals surface area contributed by atoms with Gasteiger partial charge in [0.1, 0.15) is 5.82 Å². The summed E-state index contributed by atoms with van der Waals surface area (Å²) in [6.45, 7) is 3.67. The summed E-state index contributed by atoms with van der Waals surface area (Å²) in [5, 5.41) is 10.2. The van der Waals surface area contributed by atoms with Crippen LogP contribution >= 0.6 is 15.9 Å². The second kappa shape index (κ2) is 8.09. The number of benzene rings is 2. The van der Waals surface area contributed by atoms with E-state index in [4.69, 9.17) is 5.53 Å². The highest BCUT2D eigenvalue weighted by atomic mass is 79.9. The second-order valence-electron chi connectivity index (χ2n) is 6.01. The maximum atomic E-state index is 12.6. The van der Waals surface area contributed by atoms with Crippen LogP contribution in [0, 0.1) is 12.5 Å². The summed E-state index contributed by atoms with van der Waals surface area (Å²) in [5.74, 6) is -0.0833. The first-order chi connectivity index (χ1) is 13.0. The molecule has 0 aliphatic rings. The molecular weight excluding hydrogens is 406 g/mol. The summed E-state index contributed by atoms with van der Waals surface area (Å²) in [4.78, 5) is 17.0. The molecule has 3 aromatic rings. The number of aryl methyl sites for hydroxylation is 1. The summed E-state index contributed by atoms with van der Waals surface area (Å²) >= 11 is 3.42. The molecule has 1 heterocycles. The summed E-state index contributed by atoms with van der Waals surface area (Å²) in [6, 6.07) is 17.0. The SMILES string of the molecule is C/C(Nc1ccc(Br)cc1C)=C(/N=N)C(=O)Nc1ccc2ccccc2n1. The van der Waals surface area contributed by atoms with E-state index in [1.54, 1.807) is 13.0 Å². The molecule has 3 rings (SSSR count). The Morgan fingerprint density at radius 3 is 2.63 bits per heavy atom. The van der Waals surface area contributed by atoms with Gasteiger partial charge in [0.25, 0.3) is 5.91 Å². The van der Waals surface area contributed by atoms with Gasteiger partial charge in [0.2, 0.25) is 0 Å². The largest absolute Gasteiger partial charge is 0.357 e. The number of rotatable bonds is 5. The monoisotopic (exact) mass is 423 g/mol. The molecule has 136 valence electrons. The Bertz CT molecular complexity index is 1060. The molecule has 0 bridgehead atoms. The van der Waals surface area contributed by atoms with Crippen LogP contribution in [0.15, 0.2) is 75.6 Å². The van der Waals surface area contributed by atoms with Crippen molar-refractivity contribution in [3.63, 3.8) is 0 Å². The van der Waals surface area contributed by atoms with E-state index in [-0.39, 0.29) is 5.70 Å². The molecule has 0 fully saturated rings. The fourth-order valence-corrected chi connectivity index (χ4v) is 3.12. The average molecular weight is 424 g/mol. The minimum absolute atomic E-state index is 0.00715. The lowest BCUT2D eigenvalue weighted by Gasteiger charge is -2.12. The molecule has 0 spiro atoms. The Hall–Kier alpha value is -3.06. The molecular formula is C20H18BrN5O. The van der Waals surface area contributed by atoms with Crippen LogP contribution in [0.1, 0.15) is 12.5 Å². The number of pyridine rings is 1. The van der Waals surface area contributed by atoms with Crippen molar-refractivity contribution in [1.82, 2.24) is 4.98 Å². The normalized spacial score (nSPS) is 11.7. The molecule has 0 atom stereocenters. The van der Waals surface area contributed by atoms with Gasteiger partial charge in [-0.15, -0.1) is 0 Å². The van der Waals surface area contributed by atoms with Gasteiger partial charge in [0.15, 0.2) is 5.70 Å². The molecule has 6 nitrogen and oxygen atoms in total. The number of fused-ring (bicyclic) bond motifs is 1. The summed E-state index contributed by atoms with van der Waals surface area (Å²) < 4.78 is 0.970. The number of allylic oxidation sites excluding steroid dienone is 1. The molecule has 0 unspecified atom stereocenters. The number of carbonyl (C=O) groups excluding carboxylic acids is 1. The third-order valence-corrected chi connectivity index (χ3v) is 4.53. The third kappa shape index (κ3) is 4.38. The van der Waals surface area contributed by atoms with Gasteiger partial charge in [0, 0.05) is 21.2 Å². The standard InChI is InChI=1S/C20H18BrN5O/c1-12-11-15(21)8-9-16(12)23-13(2)19(26-22)20(27)25-18-10-7-14-5-3-4-6-17(14)24-18/h3-11,22-23H,1-2H3,(H,24,25,27)/b19-13-,26-22?. The highest BCUT2D eigenvalue weighted by Gasteiger charge is 2.14. The van der Waals surface area contributed by atoms with Crippen LogP contribution < -0.4 is 10.6 Å². The van der Waals surface area contributed by atoms with Crippen molar-refractivity contribution < 1.29 is 4.79 Å². The van der Waals surface area contributed by atoms with E-state index in [0.717, 1.165) is 26.6 Å². The Labute approximate surface area is 165 Å². The zero-order valence-corrected chi connectivity index (χ0v) is 16.5. The van der Waals surface area contributed by atoms with E-state index in [1.807, 2.05) is 55.5 Å². The van der Waals surface area contributed by atoms with E-state index in [0.29, 0.717) is 11.5 Å². The van der Waals surface area contributed by atoms with E-state index in [1.165, 1.54) is 0 Å². The van der Waals surface area contributed by atoms with Crippen LogP contribution in [0.3, 0.4) is 0 Å². The lowest BCUT2D eigenvalue weighted by atomic mass is 10.2. The van der Waals surface area contributed by atoms with Crippen LogP contribution in [0.4, 0.5) is 11.5 Å². The van der Waals surface area contributed by atoms with Gasteiger partial charge < -0.3 is 10.6 Å². The van der Waals surface area contributed by atoms with Crippen molar-refractivity contribution in [3.8, 4) is 0 Å². The third-order valence-electron chi connectivity index (χ3n) is 4.03. The summed E-state index contributed by atoms with van der Waals surface area (Å²) in [7, 11) is 0. The lowest BCUT2D eigenvalue weighted by Crippen LogP contribution is -2.17. The predicted molar refractivity (Wildman–Crippen MR) is 111 cm³/mol. The van der Waals surface area contributed by atoms with Crippen molar-refractivity contribution in [1.29, 1.82) is 5.53 Å². The zero-order chi connectivity index (χ0) is 19.4. The number of aromatic nitrogens is 1. The molecule has 27 heavy (non-hydrogen) atoms. The minimum atomic E-state index is -0.493. The van der Waals surface area contributed by atoms with Crippen LogP contribution in [-0.4, -0.2) is 10.9 Å². The summed E-state index contributed by atoms with van der Waals surface area (Å²) in [6.07, 6.45) is 0. The van der Waals surface area contributed by atoms with Gasteiger partial charge in [-0.25, -0.2) is 10.5 Å². The van der Waals surface area contributed by atoms with Crippen molar-refractivity contribution >= 4 is 44.2 Å². The van der Waals surface area contributed by atoms with Gasteiger partial charge in [0.05, 0.1) is 5.52 Å². The van der Waals surface area contributed by atoms with Crippen molar-refractivity contribution in [2.75, 3.05) is 10.6 Å². The Morgan fingerprint density at radius 2 is 1.89 bits per heavy atom. The number of anilines is 2. The van der Waals surface area contributed by atoms with E-state index in [9.17, 15) is 4.79 Å². The van der Waals surface area contributed by atoms with Crippen LogP contribution in [-0.2, 0) is 4.79 Å². The summed E-state index contributed by atoms with van der Waals surface area (Å²) in [5.41, 5.74) is 10.5. The van der Waals surface area contributed by atoms with Gasteiger partial charge in [-0.05, 0) is 55.8 Å². The number of carbonyl (C=O) groups is 1. The predicted octanol–water partition coefficient (Wildman–Crippen LogP) is 5.62. The first-order valence-electron chi connectivity index (χ1n) is 8.26. The van der Waals surface area contributed by atoms with Crippen LogP contribution in [0.5, 0.6) is 0 Å². The fraction of sp³-hybridized carbons (Fsp3) is 0.100. The number of hydrogen-bond acceptors (Lipinski definition) is 5. The Morgan fingerprint density at radius 1 is 1.11 bits per heavy atom. The molecule has 7 heteroatoms. The Balaban J connectivity index is 1.83. The molecule has 2 aromatic carbocycles. The molecule has 0 aliphatic carbocycles. The van der Waals surface area contributed by atoms with Crippen molar-refractivity contribution in [2.45, 2.75) is 13.8 Å². The molecule has 1 aromatic heterocycles. The first kappa shape index (κ1) is 18.7. The molecule has 0 aliphatic heterocycles. The molecule has 3 N–H and O–H groups in total. The lowest BCUT2D eigenvalue weighted by molar-refractivity contribution is -0.113. The van der Waals surface area contributed by atoms with Gasteiger partial charge >= 0.3 is 0 Å². The molecule has 0 saturated heterocycles. The highest BCUT2D eigenvalue weighted by Crippen LogP contribution is 2.23. The average Bonchev–Trinajstić information content (AvgIpc) is 2.64. The number of hydrogen-bond donors (Lipinski definition) is 3. The maximum absolute atomic E-state index is 12.6. The van der Waals surface area contributed by atoms with Crippen LogP contribution in [0.25, 0.3) is 10.9 Å². The quantitative estimate of drug-likeness (QED) is 0.367. The number of nitrogens with zero attached hydrogens (tertiary/aromatic N) is 2. The molecule has 0 saturated carbocycles. The maximum Gasteiger partial charge on any atom is 0.279 e. The second-order valence-corrected chi connectivity index (χ2v) is 6.93. The number of amides is 1. The van der Waals surface area contributed by atoms with Gasteiger partial charge in [-0.1, -0.05) is 34.1 Å². The van der Waals surface area contributed by atoms with Gasteiger partial charge in [-0.2, -0.15) is 5.11 Å². The number of para-hydroxylation sites is 1. The minimum Gasteiger partial charge on any atom is -0.357 e. The van der Waals surface area contributed by atoms with Crippen molar-refractivity contribution in [3.05, 3.63) is 76.0 Å². The van der Waals surface area contributed by atoms with E-state index >= 15 is 0 Å². The first-order valence-corrected chi connectivity index (χ1v) is 9.06. The van der Waals surface area contributed by atoms with E-state index < -0.39 is 5.91 Å². The van der Waals surface area contributed by atoms with Crippen LogP contribution in [0.2, 0.25) is 0 Å². The number of nitrogens with one attached hydrogen (secondary N) is 3. The Kier molecular flexibility index (Phi) is 5.61. The molecule has 1 amide bonds. The number of halogens is 1. The fourth-order valence-electron chi connectivity index (χ4n) is 2.64.